The Morgan fingerprint density at radius 2 is 1.75 bits per heavy atom. The number of benzene rings is 1. The van der Waals surface area contributed by atoms with Crippen molar-refractivity contribution >= 4 is 46.3 Å². The molecular formula is C17H12ClN3O2S. The molecule has 0 saturated carbocycles. The number of pyridine rings is 1. The maximum Gasteiger partial charge on any atom is 0.265 e. The molecule has 0 bridgehead atoms. The summed E-state index contributed by atoms with van der Waals surface area (Å²) in [7, 11) is 0. The minimum atomic E-state index is -0.291. The standard InChI is InChI=1S/C17H12ClN3O2S/c18-12-5-8-15(19-10-12)21-16(22)11-3-6-13(7-4-11)20-17(23)14-2-1-9-24-14/h1-10H,(H,20,23)(H,19,21,22). The van der Waals surface area contributed by atoms with Gasteiger partial charge < -0.3 is 10.6 Å². The van der Waals surface area contributed by atoms with Crippen molar-refractivity contribution in [3.63, 3.8) is 0 Å². The molecule has 0 atom stereocenters. The molecule has 0 fully saturated rings. The van der Waals surface area contributed by atoms with Crippen LogP contribution in [0.1, 0.15) is 20.0 Å². The quantitative estimate of drug-likeness (QED) is 0.731. The number of hydrogen-bond donors (Lipinski definition) is 2. The molecule has 0 aliphatic rings. The van der Waals surface area contributed by atoms with Crippen LogP contribution in [0.4, 0.5) is 11.5 Å². The number of rotatable bonds is 4. The van der Waals surface area contributed by atoms with Gasteiger partial charge in [0.2, 0.25) is 0 Å². The highest BCUT2D eigenvalue weighted by Gasteiger charge is 2.09. The molecule has 0 aliphatic carbocycles. The molecule has 2 heterocycles. The van der Waals surface area contributed by atoms with Gasteiger partial charge in [-0.3, -0.25) is 9.59 Å². The molecule has 7 heteroatoms. The minimum Gasteiger partial charge on any atom is -0.321 e. The van der Waals surface area contributed by atoms with E-state index in [0.717, 1.165) is 0 Å². The third kappa shape index (κ3) is 3.98. The number of nitrogens with one attached hydrogen (secondary N) is 2. The summed E-state index contributed by atoms with van der Waals surface area (Å²) in [4.78, 5) is 28.8. The van der Waals surface area contributed by atoms with Crippen LogP contribution in [0.25, 0.3) is 0 Å². The Balaban J connectivity index is 1.64. The van der Waals surface area contributed by atoms with Crippen molar-refractivity contribution in [3.8, 4) is 0 Å². The van der Waals surface area contributed by atoms with Gasteiger partial charge in [-0.05, 0) is 47.8 Å². The summed E-state index contributed by atoms with van der Waals surface area (Å²) in [5.74, 6) is -0.0482. The van der Waals surface area contributed by atoms with E-state index in [-0.39, 0.29) is 11.8 Å². The maximum atomic E-state index is 12.1. The first-order valence-electron chi connectivity index (χ1n) is 6.99. The second-order valence-corrected chi connectivity index (χ2v) is 6.21. The molecule has 2 aromatic heterocycles. The lowest BCUT2D eigenvalue weighted by Crippen LogP contribution is -2.13. The molecule has 3 rings (SSSR count). The van der Waals surface area contributed by atoms with Crippen molar-refractivity contribution in [1.82, 2.24) is 4.98 Å². The highest BCUT2D eigenvalue weighted by Crippen LogP contribution is 2.15. The smallest absolute Gasteiger partial charge is 0.265 e. The lowest BCUT2D eigenvalue weighted by Gasteiger charge is -2.06. The topological polar surface area (TPSA) is 71.1 Å². The lowest BCUT2D eigenvalue weighted by molar-refractivity contribution is 0.102. The molecule has 5 nitrogen and oxygen atoms in total. The van der Waals surface area contributed by atoms with E-state index in [1.807, 2.05) is 11.4 Å². The van der Waals surface area contributed by atoms with Crippen LogP contribution in [-0.4, -0.2) is 16.8 Å². The molecule has 24 heavy (non-hydrogen) atoms. The number of carbonyl (C=O) groups excluding carboxylic acids is 2. The number of nitrogens with zero attached hydrogens (tertiary/aromatic N) is 1. The van der Waals surface area contributed by atoms with Crippen molar-refractivity contribution in [2.75, 3.05) is 10.6 Å². The van der Waals surface area contributed by atoms with Crippen LogP contribution >= 0.6 is 22.9 Å². The Labute approximate surface area is 147 Å². The van der Waals surface area contributed by atoms with Gasteiger partial charge in [0.05, 0.1) is 9.90 Å². The van der Waals surface area contributed by atoms with Crippen molar-refractivity contribution in [1.29, 1.82) is 0 Å². The van der Waals surface area contributed by atoms with Gasteiger partial charge in [0.15, 0.2) is 0 Å². The van der Waals surface area contributed by atoms with Crippen LogP contribution in [0.5, 0.6) is 0 Å². The van der Waals surface area contributed by atoms with Crippen molar-refractivity contribution in [2.45, 2.75) is 0 Å². The Kier molecular flexibility index (Phi) is 4.88. The molecule has 0 radical (unpaired) electrons. The molecular weight excluding hydrogens is 346 g/mol. The molecule has 0 spiro atoms. The predicted octanol–water partition coefficient (Wildman–Crippen LogP) is 4.30. The monoisotopic (exact) mass is 357 g/mol. The predicted molar refractivity (Wildman–Crippen MR) is 95.9 cm³/mol. The van der Waals surface area contributed by atoms with Gasteiger partial charge >= 0.3 is 0 Å². The second kappa shape index (κ2) is 7.25. The van der Waals surface area contributed by atoms with Gasteiger partial charge in [-0.2, -0.15) is 0 Å². The number of carbonyl (C=O) groups is 2. The average molecular weight is 358 g/mol. The summed E-state index contributed by atoms with van der Waals surface area (Å²) in [6.45, 7) is 0. The number of amides is 2. The van der Waals surface area contributed by atoms with Crippen LogP contribution in [0.3, 0.4) is 0 Å². The van der Waals surface area contributed by atoms with Crippen molar-refractivity contribution in [3.05, 3.63) is 75.6 Å². The van der Waals surface area contributed by atoms with Gasteiger partial charge in [0, 0.05) is 17.4 Å². The summed E-state index contributed by atoms with van der Waals surface area (Å²) in [5.41, 5.74) is 1.08. The summed E-state index contributed by atoms with van der Waals surface area (Å²) < 4.78 is 0. The van der Waals surface area contributed by atoms with Crippen LogP contribution in [0, 0.1) is 0 Å². The van der Waals surface area contributed by atoms with Crippen LogP contribution < -0.4 is 10.6 Å². The van der Waals surface area contributed by atoms with Gasteiger partial charge in [0.1, 0.15) is 5.82 Å². The molecule has 2 N–H and O–H groups in total. The molecule has 0 unspecified atom stereocenters. The zero-order chi connectivity index (χ0) is 16.9. The molecule has 0 saturated heterocycles. The highest BCUT2D eigenvalue weighted by atomic mass is 35.5. The zero-order valence-corrected chi connectivity index (χ0v) is 13.9. The van der Waals surface area contributed by atoms with Gasteiger partial charge in [0.25, 0.3) is 11.8 Å². The molecule has 0 aliphatic heterocycles. The van der Waals surface area contributed by atoms with Crippen molar-refractivity contribution in [2.24, 2.45) is 0 Å². The molecule has 3 aromatic rings. The summed E-state index contributed by atoms with van der Waals surface area (Å²) in [6, 6.07) is 13.5. The van der Waals surface area contributed by atoms with Gasteiger partial charge in [-0.15, -0.1) is 11.3 Å². The van der Waals surface area contributed by atoms with E-state index >= 15 is 0 Å². The van der Waals surface area contributed by atoms with E-state index in [0.29, 0.717) is 27.0 Å². The molecule has 2 amide bonds. The maximum absolute atomic E-state index is 12.1. The SMILES string of the molecule is O=C(Nc1ccc(Cl)cn1)c1ccc(NC(=O)c2cccs2)cc1. The number of thiophene rings is 1. The Hall–Kier alpha value is -2.70. The van der Waals surface area contributed by atoms with Gasteiger partial charge in [-0.25, -0.2) is 4.98 Å². The van der Waals surface area contributed by atoms with Crippen molar-refractivity contribution < 1.29 is 9.59 Å². The van der Waals surface area contributed by atoms with E-state index in [1.165, 1.54) is 17.5 Å². The van der Waals surface area contributed by atoms with Gasteiger partial charge in [-0.1, -0.05) is 17.7 Å². The molecule has 120 valence electrons. The Morgan fingerprint density at radius 3 is 2.38 bits per heavy atom. The zero-order valence-electron chi connectivity index (χ0n) is 12.3. The number of aromatic nitrogens is 1. The van der Waals surface area contributed by atoms with Crippen LogP contribution in [0.15, 0.2) is 60.1 Å². The summed E-state index contributed by atoms with van der Waals surface area (Å²) >= 11 is 7.12. The van der Waals surface area contributed by atoms with E-state index in [4.69, 9.17) is 11.6 Å². The number of anilines is 2. The fourth-order valence-corrected chi connectivity index (χ4v) is 2.67. The fraction of sp³-hybridized carbons (Fsp3) is 0. The summed E-state index contributed by atoms with van der Waals surface area (Å²) in [5, 5.41) is 7.79. The third-order valence-corrected chi connectivity index (χ3v) is 4.21. The summed E-state index contributed by atoms with van der Waals surface area (Å²) in [6.07, 6.45) is 1.46. The van der Waals surface area contributed by atoms with E-state index in [9.17, 15) is 9.59 Å². The van der Waals surface area contributed by atoms with Crippen LogP contribution in [0.2, 0.25) is 5.02 Å². The second-order valence-electron chi connectivity index (χ2n) is 4.82. The Bertz CT molecular complexity index is 847. The Morgan fingerprint density at radius 1 is 0.958 bits per heavy atom. The van der Waals surface area contributed by atoms with Crippen LogP contribution in [-0.2, 0) is 0 Å². The van der Waals surface area contributed by atoms with E-state index in [1.54, 1.807) is 42.5 Å². The third-order valence-electron chi connectivity index (χ3n) is 3.12. The fourth-order valence-electron chi connectivity index (χ4n) is 1.94. The highest BCUT2D eigenvalue weighted by molar-refractivity contribution is 7.12. The average Bonchev–Trinajstić information content (AvgIpc) is 3.12. The number of hydrogen-bond acceptors (Lipinski definition) is 4. The number of halogens is 1. The minimum absolute atomic E-state index is 0.174. The van der Waals surface area contributed by atoms with E-state index in [2.05, 4.69) is 15.6 Å². The first-order valence-corrected chi connectivity index (χ1v) is 8.25. The first-order chi connectivity index (χ1) is 11.6. The molecule has 1 aromatic carbocycles. The largest absolute Gasteiger partial charge is 0.321 e. The lowest BCUT2D eigenvalue weighted by atomic mass is 10.2. The first kappa shape index (κ1) is 16.2. The van der Waals surface area contributed by atoms with E-state index < -0.39 is 0 Å². The normalized spacial score (nSPS) is 10.2.